The molecule has 3 rings (SSSR count). The van der Waals surface area contributed by atoms with Gasteiger partial charge in [-0.25, -0.2) is 4.98 Å². The first-order chi connectivity index (χ1) is 9.36. The molecule has 1 aliphatic rings. The molecule has 1 fully saturated rings. The number of hydrogen-bond donors (Lipinski definition) is 1. The normalized spacial score (nSPS) is 16.7. The Morgan fingerprint density at radius 2 is 2.16 bits per heavy atom. The first-order valence-corrected chi connectivity index (χ1v) is 7.23. The lowest BCUT2D eigenvalue weighted by Crippen LogP contribution is -2.36. The zero-order valence-corrected chi connectivity index (χ0v) is 11.3. The molecule has 0 radical (unpaired) electrons. The molecule has 1 aliphatic carbocycles. The molecule has 0 aromatic carbocycles. The van der Waals surface area contributed by atoms with Gasteiger partial charge in [-0.05, 0) is 25.0 Å². The van der Waals surface area contributed by atoms with E-state index >= 15 is 0 Å². The van der Waals surface area contributed by atoms with E-state index in [2.05, 4.69) is 26.7 Å². The number of fused-ring (bicyclic) bond motifs is 1. The van der Waals surface area contributed by atoms with Gasteiger partial charge >= 0.3 is 0 Å². The number of nitrogens with zero attached hydrogens (tertiary/aromatic N) is 3. The highest BCUT2D eigenvalue weighted by molar-refractivity contribution is 5.39. The van der Waals surface area contributed by atoms with Crippen molar-refractivity contribution >= 4 is 5.65 Å². The Morgan fingerprint density at radius 1 is 1.32 bits per heavy atom. The van der Waals surface area contributed by atoms with E-state index in [9.17, 15) is 0 Å². The van der Waals surface area contributed by atoms with Gasteiger partial charge in [-0.1, -0.05) is 18.9 Å². The van der Waals surface area contributed by atoms with Crippen LogP contribution in [0.4, 0.5) is 0 Å². The molecule has 0 aliphatic heterocycles. The van der Waals surface area contributed by atoms with Crippen LogP contribution < -0.4 is 5.73 Å². The lowest BCUT2D eigenvalue weighted by atomic mass is 10.2. The Hall–Kier alpha value is -1.39. The van der Waals surface area contributed by atoms with Crippen LogP contribution in [0.15, 0.2) is 30.6 Å². The third kappa shape index (κ3) is 2.80. The van der Waals surface area contributed by atoms with Crippen LogP contribution >= 0.6 is 0 Å². The fourth-order valence-corrected chi connectivity index (χ4v) is 3.10. The molecule has 2 aromatic rings. The second-order valence-electron chi connectivity index (χ2n) is 5.40. The molecule has 2 aromatic heterocycles. The number of nitrogens with two attached hydrogens (primary N) is 1. The predicted octanol–water partition coefficient (Wildman–Crippen LogP) is 2.04. The van der Waals surface area contributed by atoms with Crippen molar-refractivity contribution in [1.82, 2.24) is 14.3 Å². The number of hydrogen-bond acceptors (Lipinski definition) is 3. The molecule has 0 unspecified atom stereocenters. The average Bonchev–Trinajstić information content (AvgIpc) is 3.07. The lowest BCUT2D eigenvalue weighted by molar-refractivity contribution is 0.193. The Bertz CT molecular complexity index is 495. The largest absolute Gasteiger partial charge is 0.329 e. The number of pyridine rings is 1. The summed E-state index contributed by atoms with van der Waals surface area (Å²) in [6.07, 6.45) is 9.52. The molecular formula is C15H22N4. The topological polar surface area (TPSA) is 46.6 Å². The Morgan fingerprint density at radius 3 is 2.89 bits per heavy atom. The molecule has 0 spiro atoms. The van der Waals surface area contributed by atoms with Crippen molar-refractivity contribution in [3.8, 4) is 0 Å². The van der Waals surface area contributed by atoms with E-state index in [1.807, 2.05) is 18.2 Å². The van der Waals surface area contributed by atoms with Crippen molar-refractivity contribution in [2.45, 2.75) is 38.3 Å². The first-order valence-electron chi connectivity index (χ1n) is 7.23. The minimum absolute atomic E-state index is 0.702. The minimum Gasteiger partial charge on any atom is -0.329 e. The van der Waals surface area contributed by atoms with Gasteiger partial charge in [0, 0.05) is 38.1 Å². The number of rotatable bonds is 5. The van der Waals surface area contributed by atoms with E-state index in [0.717, 1.165) is 31.0 Å². The summed E-state index contributed by atoms with van der Waals surface area (Å²) < 4.78 is 2.09. The van der Waals surface area contributed by atoms with Crippen molar-refractivity contribution in [2.24, 2.45) is 5.73 Å². The quantitative estimate of drug-likeness (QED) is 0.892. The second-order valence-corrected chi connectivity index (χ2v) is 5.40. The Labute approximate surface area is 114 Å². The molecule has 2 N–H and O–H groups in total. The summed E-state index contributed by atoms with van der Waals surface area (Å²) >= 11 is 0. The monoisotopic (exact) mass is 258 g/mol. The smallest absolute Gasteiger partial charge is 0.137 e. The van der Waals surface area contributed by atoms with Gasteiger partial charge in [0.2, 0.25) is 0 Å². The van der Waals surface area contributed by atoms with E-state index in [0.29, 0.717) is 6.04 Å². The third-order valence-electron chi connectivity index (χ3n) is 4.04. The molecular weight excluding hydrogens is 236 g/mol. The maximum Gasteiger partial charge on any atom is 0.137 e. The molecule has 0 saturated heterocycles. The van der Waals surface area contributed by atoms with Crippen LogP contribution in [0.1, 0.15) is 31.4 Å². The van der Waals surface area contributed by atoms with Crippen molar-refractivity contribution in [3.05, 3.63) is 36.3 Å². The Balaban J connectivity index is 1.76. The average molecular weight is 258 g/mol. The highest BCUT2D eigenvalue weighted by atomic mass is 15.2. The van der Waals surface area contributed by atoms with Gasteiger partial charge in [-0.2, -0.15) is 0 Å². The second kappa shape index (κ2) is 5.72. The van der Waals surface area contributed by atoms with E-state index in [1.54, 1.807) is 0 Å². The molecule has 4 heteroatoms. The molecule has 19 heavy (non-hydrogen) atoms. The standard InChI is InChI=1S/C15H22N4/c16-8-10-18(14-5-1-2-6-14)11-13-12-19-9-4-3-7-15(19)17-13/h3-4,7,9,12,14H,1-2,5-6,8,10-11,16H2. The van der Waals surface area contributed by atoms with Crippen molar-refractivity contribution < 1.29 is 0 Å². The first kappa shape index (κ1) is 12.6. The fourth-order valence-electron chi connectivity index (χ4n) is 3.10. The highest BCUT2D eigenvalue weighted by Gasteiger charge is 2.22. The van der Waals surface area contributed by atoms with Crippen LogP contribution in [-0.4, -0.2) is 33.4 Å². The summed E-state index contributed by atoms with van der Waals surface area (Å²) in [6.45, 7) is 2.62. The SMILES string of the molecule is NCCN(Cc1cn2ccccc2n1)C1CCCC1. The molecule has 0 bridgehead atoms. The molecule has 4 nitrogen and oxygen atoms in total. The van der Waals surface area contributed by atoms with Gasteiger partial charge in [0.1, 0.15) is 5.65 Å². The van der Waals surface area contributed by atoms with Crippen LogP contribution in [-0.2, 0) is 6.54 Å². The number of aromatic nitrogens is 2. The summed E-state index contributed by atoms with van der Waals surface area (Å²) in [5.74, 6) is 0. The molecule has 2 heterocycles. The lowest BCUT2D eigenvalue weighted by Gasteiger charge is -2.27. The van der Waals surface area contributed by atoms with Crippen LogP contribution in [0.3, 0.4) is 0 Å². The van der Waals surface area contributed by atoms with Crippen LogP contribution in [0.5, 0.6) is 0 Å². The van der Waals surface area contributed by atoms with Crippen molar-refractivity contribution in [2.75, 3.05) is 13.1 Å². The summed E-state index contributed by atoms with van der Waals surface area (Å²) in [5.41, 5.74) is 7.93. The zero-order valence-electron chi connectivity index (χ0n) is 11.3. The summed E-state index contributed by atoms with van der Waals surface area (Å²) in [7, 11) is 0. The maximum atomic E-state index is 5.76. The van der Waals surface area contributed by atoms with Gasteiger partial charge in [0.15, 0.2) is 0 Å². The summed E-state index contributed by atoms with van der Waals surface area (Å²) in [6, 6.07) is 6.81. The van der Waals surface area contributed by atoms with Crippen LogP contribution in [0, 0.1) is 0 Å². The number of imidazole rings is 1. The molecule has 0 atom stereocenters. The van der Waals surface area contributed by atoms with Gasteiger partial charge in [0.25, 0.3) is 0 Å². The summed E-state index contributed by atoms with van der Waals surface area (Å²) in [4.78, 5) is 7.20. The van der Waals surface area contributed by atoms with E-state index in [1.165, 1.54) is 25.7 Å². The Kier molecular flexibility index (Phi) is 3.80. The zero-order chi connectivity index (χ0) is 13.1. The van der Waals surface area contributed by atoms with E-state index in [-0.39, 0.29) is 0 Å². The van der Waals surface area contributed by atoms with E-state index in [4.69, 9.17) is 5.73 Å². The van der Waals surface area contributed by atoms with E-state index < -0.39 is 0 Å². The predicted molar refractivity (Wildman–Crippen MR) is 76.9 cm³/mol. The minimum atomic E-state index is 0.702. The van der Waals surface area contributed by atoms with Crippen molar-refractivity contribution in [1.29, 1.82) is 0 Å². The van der Waals surface area contributed by atoms with Gasteiger partial charge in [-0.15, -0.1) is 0 Å². The van der Waals surface area contributed by atoms with Crippen LogP contribution in [0.2, 0.25) is 0 Å². The van der Waals surface area contributed by atoms with Gasteiger partial charge < -0.3 is 10.1 Å². The fraction of sp³-hybridized carbons (Fsp3) is 0.533. The van der Waals surface area contributed by atoms with Gasteiger partial charge in [-0.3, -0.25) is 4.90 Å². The van der Waals surface area contributed by atoms with Crippen LogP contribution in [0.25, 0.3) is 5.65 Å². The van der Waals surface area contributed by atoms with Crippen molar-refractivity contribution in [3.63, 3.8) is 0 Å². The summed E-state index contributed by atoms with van der Waals surface area (Å²) in [5, 5.41) is 0. The highest BCUT2D eigenvalue weighted by Crippen LogP contribution is 2.24. The maximum absolute atomic E-state index is 5.76. The third-order valence-corrected chi connectivity index (χ3v) is 4.04. The molecule has 0 amide bonds. The molecule has 102 valence electrons. The van der Waals surface area contributed by atoms with Gasteiger partial charge in [0.05, 0.1) is 5.69 Å². The molecule has 1 saturated carbocycles.